The normalized spacial score (nSPS) is 14.6. The van der Waals surface area contributed by atoms with E-state index in [0.717, 1.165) is 0 Å². The molecule has 0 radical (unpaired) electrons. The van der Waals surface area contributed by atoms with Crippen LogP contribution in [0.4, 0.5) is 0 Å². The molecule has 1 rings (SSSR count). The summed E-state index contributed by atoms with van der Waals surface area (Å²) in [5.74, 6) is -0.321. The molecule has 0 aliphatic heterocycles. The fourth-order valence-electron chi connectivity index (χ4n) is 2.41. The van der Waals surface area contributed by atoms with Crippen molar-refractivity contribution >= 4 is 27.6 Å². The standard InChI is InChI=1S/C15H23ClN2O4S/c1-10(2)8-15(3,9-17)18-23(20,21)13-6-5-11(7-12(13)16)14(19)22-4/h5-7,10,18H,8-9,17H2,1-4H3. The molecule has 0 amide bonds. The molecule has 0 bridgehead atoms. The second-order valence-electron chi connectivity index (χ2n) is 6.11. The van der Waals surface area contributed by atoms with E-state index >= 15 is 0 Å². The molecule has 1 aromatic carbocycles. The van der Waals surface area contributed by atoms with E-state index in [1.54, 1.807) is 6.92 Å². The number of methoxy groups -OCH3 is 1. The molecule has 0 heterocycles. The Morgan fingerprint density at radius 2 is 2.04 bits per heavy atom. The van der Waals surface area contributed by atoms with Gasteiger partial charge in [0, 0.05) is 12.1 Å². The smallest absolute Gasteiger partial charge is 0.337 e. The molecule has 0 aliphatic carbocycles. The van der Waals surface area contributed by atoms with E-state index in [1.165, 1.54) is 25.3 Å². The van der Waals surface area contributed by atoms with E-state index in [-0.39, 0.29) is 27.9 Å². The van der Waals surface area contributed by atoms with Gasteiger partial charge in [-0.3, -0.25) is 0 Å². The molecule has 0 aromatic heterocycles. The van der Waals surface area contributed by atoms with Crippen molar-refractivity contribution in [3.8, 4) is 0 Å². The molecule has 8 heteroatoms. The number of nitrogens with two attached hydrogens (primary N) is 1. The van der Waals surface area contributed by atoms with Gasteiger partial charge in [0.25, 0.3) is 0 Å². The largest absolute Gasteiger partial charge is 0.465 e. The van der Waals surface area contributed by atoms with Crippen LogP contribution in [0.1, 0.15) is 37.6 Å². The van der Waals surface area contributed by atoms with Crippen molar-refractivity contribution in [2.75, 3.05) is 13.7 Å². The summed E-state index contributed by atoms with van der Waals surface area (Å²) in [5, 5.41) is -0.0516. The van der Waals surface area contributed by atoms with Crippen molar-refractivity contribution < 1.29 is 17.9 Å². The van der Waals surface area contributed by atoms with Gasteiger partial charge in [0.1, 0.15) is 4.90 Å². The highest BCUT2D eigenvalue weighted by atomic mass is 35.5. The summed E-state index contributed by atoms with van der Waals surface area (Å²) in [6.07, 6.45) is 0.584. The maximum Gasteiger partial charge on any atom is 0.337 e. The number of carbonyl (C=O) groups excluding carboxylic acids is 1. The summed E-state index contributed by atoms with van der Waals surface area (Å²) >= 11 is 6.03. The molecule has 6 nitrogen and oxygen atoms in total. The summed E-state index contributed by atoms with van der Waals surface area (Å²) in [6.45, 7) is 5.88. The fraction of sp³-hybridized carbons (Fsp3) is 0.533. The predicted molar refractivity (Wildman–Crippen MR) is 90.0 cm³/mol. The van der Waals surface area contributed by atoms with E-state index in [9.17, 15) is 13.2 Å². The Kier molecular flexibility index (Phi) is 6.59. The van der Waals surface area contributed by atoms with Crippen LogP contribution in [0.25, 0.3) is 0 Å². The van der Waals surface area contributed by atoms with Crippen molar-refractivity contribution in [3.05, 3.63) is 28.8 Å². The van der Waals surface area contributed by atoms with Gasteiger partial charge in [-0.2, -0.15) is 0 Å². The van der Waals surface area contributed by atoms with Crippen LogP contribution >= 0.6 is 11.6 Å². The van der Waals surface area contributed by atoms with Crippen LogP contribution in [-0.4, -0.2) is 33.6 Å². The zero-order valence-corrected chi connectivity index (χ0v) is 15.3. The first kappa shape index (κ1) is 19.9. The Balaban J connectivity index is 3.16. The molecule has 0 aliphatic rings. The van der Waals surface area contributed by atoms with Gasteiger partial charge in [0.2, 0.25) is 10.0 Å². The van der Waals surface area contributed by atoms with Gasteiger partial charge in [-0.15, -0.1) is 0 Å². The van der Waals surface area contributed by atoms with Crippen molar-refractivity contribution in [2.24, 2.45) is 11.7 Å². The molecule has 23 heavy (non-hydrogen) atoms. The zero-order chi connectivity index (χ0) is 17.8. The molecule has 0 saturated carbocycles. The predicted octanol–water partition coefficient (Wildman–Crippen LogP) is 2.17. The number of nitrogens with one attached hydrogen (secondary N) is 1. The van der Waals surface area contributed by atoms with Gasteiger partial charge in [0.05, 0.1) is 17.7 Å². The van der Waals surface area contributed by atoms with Crippen LogP contribution in [-0.2, 0) is 14.8 Å². The van der Waals surface area contributed by atoms with Crippen molar-refractivity contribution in [3.63, 3.8) is 0 Å². The SMILES string of the molecule is COC(=O)c1ccc(S(=O)(=O)NC(C)(CN)CC(C)C)c(Cl)c1. The van der Waals surface area contributed by atoms with Crippen LogP contribution in [0.3, 0.4) is 0 Å². The highest BCUT2D eigenvalue weighted by Gasteiger charge is 2.31. The quantitative estimate of drug-likeness (QED) is 0.724. The number of halogens is 1. The fourth-order valence-corrected chi connectivity index (χ4v) is 4.38. The number of hydrogen-bond donors (Lipinski definition) is 2. The van der Waals surface area contributed by atoms with E-state index < -0.39 is 21.5 Å². The van der Waals surface area contributed by atoms with Gasteiger partial charge in [-0.1, -0.05) is 25.4 Å². The molecule has 0 spiro atoms. The van der Waals surface area contributed by atoms with E-state index in [2.05, 4.69) is 9.46 Å². The Bertz CT molecular complexity index is 676. The first-order valence-corrected chi connectivity index (χ1v) is 9.02. The second kappa shape index (κ2) is 7.61. The summed E-state index contributed by atoms with van der Waals surface area (Å²) in [4.78, 5) is 11.4. The lowest BCUT2D eigenvalue weighted by atomic mass is 9.92. The van der Waals surface area contributed by atoms with Crippen LogP contribution in [0, 0.1) is 5.92 Å². The molecular formula is C15H23ClN2O4S. The minimum Gasteiger partial charge on any atom is -0.465 e. The highest BCUT2D eigenvalue weighted by molar-refractivity contribution is 7.89. The minimum absolute atomic E-state index is 0.0516. The Morgan fingerprint density at radius 3 is 2.48 bits per heavy atom. The van der Waals surface area contributed by atoms with E-state index in [0.29, 0.717) is 6.42 Å². The van der Waals surface area contributed by atoms with E-state index in [1.807, 2.05) is 13.8 Å². The van der Waals surface area contributed by atoms with Gasteiger partial charge >= 0.3 is 5.97 Å². The molecule has 0 saturated heterocycles. The van der Waals surface area contributed by atoms with Crippen LogP contribution in [0.5, 0.6) is 0 Å². The van der Waals surface area contributed by atoms with Crippen molar-refractivity contribution in [1.82, 2.24) is 4.72 Å². The number of carbonyl (C=O) groups is 1. The molecule has 0 fully saturated rings. The molecular weight excluding hydrogens is 340 g/mol. The van der Waals surface area contributed by atoms with Crippen LogP contribution < -0.4 is 10.5 Å². The summed E-state index contributed by atoms with van der Waals surface area (Å²) in [7, 11) is -2.63. The monoisotopic (exact) mass is 362 g/mol. The molecule has 1 atom stereocenters. The molecule has 1 unspecified atom stereocenters. The second-order valence-corrected chi connectivity index (χ2v) is 8.16. The minimum atomic E-state index is -3.87. The third-order valence-corrected chi connectivity index (χ3v) is 5.45. The maximum atomic E-state index is 12.6. The van der Waals surface area contributed by atoms with Gasteiger partial charge in [-0.05, 0) is 37.5 Å². The average molecular weight is 363 g/mol. The van der Waals surface area contributed by atoms with Crippen LogP contribution in [0.2, 0.25) is 5.02 Å². The number of sulfonamides is 1. The molecule has 3 N–H and O–H groups in total. The van der Waals surface area contributed by atoms with Crippen molar-refractivity contribution in [2.45, 2.75) is 37.6 Å². The van der Waals surface area contributed by atoms with Gasteiger partial charge < -0.3 is 10.5 Å². The Hall–Kier alpha value is -1.15. The lowest BCUT2D eigenvalue weighted by Crippen LogP contribution is -2.52. The molecule has 130 valence electrons. The topological polar surface area (TPSA) is 98.5 Å². The number of esters is 1. The lowest BCUT2D eigenvalue weighted by Gasteiger charge is -2.31. The third-order valence-electron chi connectivity index (χ3n) is 3.33. The number of rotatable bonds is 7. The Labute approximate surface area is 142 Å². The van der Waals surface area contributed by atoms with Gasteiger partial charge in [0.15, 0.2) is 0 Å². The van der Waals surface area contributed by atoms with Crippen molar-refractivity contribution in [1.29, 1.82) is 0 Å². The number of benzene rings is 1. The number of ether oxygens (including phenoxy) is 1. The first-order chi connectivity index (χ1) is 10.5. The third kappa shape index (κ3) is 5.17. The summed E-state index contributed by atoms with van der Waals surface area (Å²) in [5.41, 5.74) is 5.14. The molecule has 1 aromatic rings. The Morgan fingerprint density at radius 1 is 1.43 bits per heavy atom. The highest BCUT2D eigenvalue weighted by Crippen LogP contribution is 2.25. The summed E-state index contributed by atoms with van der Waals surface area (Å²) < 4.78 is 32.4. The van der Waals surface area contributed by atoms with Crippen LogP contribution in [0.15, 0.2) is 23.1 Å². The zero-order valence-electron chi connectivity index (χ0n) is 13.7. The van der Waals surface area contributed by atoms with Gasteiger partial charge in [-0.25, -0.2) is 17.9 Å². The van der Waals surface area contributed by atoms with E-state index in [4.69, 9.17) is 17.3 Å². The average Bonchev–Trinajstić information content (AvgIpc) is 2.44. The maximum absolute atomic E-state index is 12.6. The number of hydrogen-bond acceptors (Lipinski definition) is 5. The lowest BCUT2D eigenvalue weighted by molar-refractivity contribution is 0.0600. The first-order valence-electron chi connectivity index (χ1n) is 7.16. The summed E-state index contributed by atoms with van der Waals surface area (Å²) in [6, 6.07) is 3.90.